The van der Waals surface area contributed by atoms with Gasteiger partial charge < -0.3 is 14.8 Å². The molecule has 1 N–H and O–H groups in total. The van der Waals surface area contributed by atoms with Crippen LogP contribution in [0.3, 0.4) is 0 Å². The van der Waals surface area contributed by atoms with Gasteiger partial charge in [-0.2, -0.15) is 0 Å². The number of anilines is 1. The Bertz CT molecular complexity index is 462. The lowest BCUT2D eigenvalue weighted by molar-refractivity contribution is 0.146. The molecule has 0 amide bonds. The van der Waals surface area contributed by atoms with Gasteiger partial charge in [0.2, 0.25) is 0 Å². The molecule has 5 nitrogen and oxygen atoms in total. The lowest BCUT2D eigenvalue weighted by atomic mass is 10.3. The average molecular weight is 265 g/mol. The van der Waals surface area contributed by atoms with Crippen molar-refractivity contribution in [3.8, 4) is 5.75 Å². The Balaban J connectivity index is 1.86. The highest BCUT2D eigenvalue weighted by Gasteiger charge is 1.99. The normalized spacial score (nSPS) is 10.3. The van der Waals surface area contributed by atoms with Crippen LogP contribution in [-0.2, 0) is 11.3 Å². The summed E-state index contributed by atoms with van der Waals surface area (Å²) in [4.78, 5) is 0. The van der Waals surface area contributed by atoms with E-state index in [1.54, 1.807) is 7.11 Å². The number of methoxy groups -OCH3 is 1. The van der Waals surface area contributed by atoms with E-state index in [1.165, 1.54) is 11.5 Å². The first-order valence-corrected chi connectivity index (χ1v) is 6.44. The van der Waals surface area contributed by atoms with Gasteiger partial charge in [0.05, 0.1) is 18.8 Å². The summed E-state index contributed by atoms with van der Waals surface area (Å²) in [5.41, 5.74) is 1.93. The molecule has 0 bridgehead atoms. The summed E-state index contributed by atoms with van der Waals surface area (Å²) in [5.74, 6) is 0.827. The monoisotopic (exact) mass is 265 g/mol. The number of aromatic nitrogens is 2. The SMILES string of the molecule is COCCOc1cccc(NCc2csnn2)c1. The highest BCUT2D eigenvalue weighted by molar-refractivity contribution is 7.03. The summed E-state index contributed by atoms with van der Waals surface area (Å²) in [6, 6.07) is 7.81. The number of benzene rings is 1. The van der Waals surface area contributed by atoms with Crippen molar-refractivity contribution < 1.29 is 9.47 Å². The Kier molecular flexibility index (Phi) is 4.92. The van der Waals surface area contributed by atoms with Crippen LogP contribution in [0.15, 0.2) is 29.6 Å². The van der Waals surface area contributed by atoms with Crippen molar-refractivity contribution in [3.63, 3.8) is 0 Å². The highest BCUT2D eigenvalue weighted by atomic mass is 32.1. The minimum absolute atomic E-state index is 0.552. The van der Waals surface area contributed by atoms with Crippen LogP contribution in [0.1, 0.15) is 5.69 Å². The topological polar surface area (TPSA) is 56.3 Å². The molecule has 6 heteroatoms. The van der Waals surface area contributed by atoms with E-state index >= 15 is 0 Å². The van der Waals surface area contributed by atoms with Gasteiger partial charge in [0, 0.05) is 24.2 Å². The van der Waals surface area contributed by atoms with Crippen molar-refractivity contribution in [2.75, 3.05) is 25.6 Å². The summed E-state index contributed by atoms with van der Waals surface area (Å²) in [7, 11) is 1.66. The molecule has 0 atom stereocenters. The van der Waals surface area contributed by atoms with E-state index in [0.717, 1.165) is 17.1 Å². The number of nitrogens with one attached hydrogen (secondary N) is 1. The summed E-state index contributed by atoms with van der Waals surface area (Å²) < 4.78 is 14.3. The molecule has 0 aliphatic heterocycles. The zero-order valence-corrected chi connectivity index (χ0v) is 10.9. The molecule has 2 rings (SSSR count). The van der Waals surface area contributed by atoms with E-state index in [9.17, 15) is 0 Å². The number of hydrogen-bond acceptors (Lipinski definition) is 6. The predicted octanol–water partition coefficient (Wildman–Crippen LogP) is 2.18. The first-order valence-electron chi connectivity index (χ1n) is 5.60. The van der Waals surface area contributed by atoms with Crippen LogP contribution in [0.4, 0.5) is 5.69 Å². The zero-order valence-electron chi connectivity index (χ0n) is 10.1. The molecule has 1 aromatic heterocycles. The summed E-state index contributed by atoms with van der Waals surface area (Å²) in [6.45, 7) is 1.80. The molecule has 0 aliphatic carbocycles. The molecule has 0 fully saturated rings. The fourth-order valence-corrected chi connectivity index (χ4v) is 1.84. The zero-order chi connectivity index (χ0) is 12.6. The highest BCUT2D eigenvalue weighted by Crippen LogP contribution is 2.17. The Morgan fingerprint density at radius 3 is 3.06 bits per heavy atom. The van der Waals surface area contributed by atoms with Gasteiger partial charge in [0.15, 0.2) is 0 Å². The Hall–Kier alpha value is -1.66. The largest absolute Gasteiger partial charge is 0.491 e. The van der Waals surface area contributed by atoms with Gasteiger partial charge in [-0.05, 0) is 23.7 Å². The number of ether oxygens (including phenoxy) is 2. The van der Waals surface area contributed by atoms with E-state index in [-0.39, 0.29) is 0 Å². The second kappa shape index (κ2) is 6.93. The summed E-state index contributed by atoms with van der Waals surface area (Å²) >= 11 is 1.35. The first-order chi connectivity index (χ1) is 8.88. The van der Waals surface area contributed by atoms with Crippen molar-refractivity contribution in [1.29, 1.82) is 0 Å². The van der Waals surface area contributed by atoms with E-state index in [2.05, 4.69) is 14.9 Å². The van der Waals surface area contributed by atoms with Crippen LogP contribution in [0.2, 0.25) is 0 Å². The van der Waals surface area contributed by atoms with Gasteiger partial charge in [0.1, 0.15) is 12.4 Å². The van der Waals surface area contributed by atoms with E-state index in [1.807, 2.05) is 29.6 Å². The molecule has 0 saturated carbocycles. The van der Waals surface area contributed by atoms with Crippen LogP contribution < -0.4 is 10.1 Å². The summed E-state index contributed by atoms with van der Waals surface area (Å²) in [6.07, 6.45) is 0. The van der Waals surface area contributed by atoms with Crippen LogP contribution in [0.25, 0.3) is 0 Å². The molecule has 96 valence electrons. The fourth-order valence-electron chi connectivity index (χ4n) is 1.39. The Labute approximate surface area is 110 Å². The molecule has 0 unspecified atom stereocenters. The van der Waals surface area contributed by atoms with E-state index in [4.69, 9.17) is 9.47 Å². The van der Waals surface area contributed by atoms with Crippen molar-refractivity contribution in [2.45, 2.75) is 6.54 Å². The van der Waals surface area contributed by atoms with E-state index in [0.29, 0.717) is 19.8 Å². The molecule has 0 spiro atoms. The molecular weight excluding hydrogens is 250 g/mol. The molecule has 1 aromatic carbocycles. The third-order valence-electron chi connectivity index (χ3n) is 2.27. The molecule has 0 saturated heterocycles. The minimum atomic E-state index is 0.552. The van der Waals surface area contributed by atoms with Gasteiger partial charge in [-0.15, -0.1) is 5.10 Å². The Morgan fingerprint density at radius 2 is 2.28 bits per heavy atom. The maximum atomic E-state index is 5.53. The lowest BCUT2D eigenvalue weighted by Gasteiger charge is -2.08. The maximum absolute atomic E-state index is 5.53. The van der Waals surface area contributed by atoms with Crippen LogP contribution in [0, 0.1) is 0 Å². The first kappa shape index (κ1) is 12.8. The van der Waals surface area contributed by atoms with Gasteiger partial charge in [-0.3, -0.25) is 0 Å². The molecule has 2 aromatic rings. The molecule has 18 heavy (non-hydrogen) atoms. The van der Waals surface area contributed by atoms with E-state index < -0.39 is 0 Å². The standard InChI is InChI=1S/C12H15N3O2S/c1-16-5-6-17-12-4-2-3-10(7-12)13-8-11-9-18-15-14-11/h2-4,7,9,13H,5-6,8H2,1H3. The van der Waals surface area contributed by atoms with Crippen molar-refractivity contribution in [1.82, 2.24) is 9.59 Å². The van der Waals surface area contributed by atoms with Crippen LogP contribution >= 0.6 is 11.5 Å². The smallest absolute Gasteiger partial charge is 0.121 e. The summed E-state index contributed by atoms with van der Waals surface area (Å²) in [5, 5.41) is 9.17. The third-order valence-corrected chi connectivity index (χ3v) is 2.82. The number of rotatable bonds is 7. The van der Waals surface area contributed by atoms with Crippen LogP contribution in [-0.4, -0.2) is 29.9 Å². The lowest BCUT2D eigenvalue weighted by Crippen LogP contribution is -2.05. The minimum Gasteiger partial charge on any atom is -0.491 e. The Morgan fingerprint density at radius 1 is 1.33 bits per heavy atom. The van der Waals surface area contributed by atoms with Crippen molar-refractivity contribution in [2.24, 2.45) is 0 Å². The van der Waals surface area contributed by atoms with Crippen molar-refractivity contribution in [3.05, 3.63) is 35.3 Å². The molecular formula is C12H15N3O2S. The quantitative estimate of drug-likeness (QED) is 0.778. The fraction of sp³-hybridized carbons (Fsp3) is 0.333. The van der Waals surface area contributed by atoms with Crippen molar-refractivity contribution >= 4 is 17.2 Å². The van der Waals surface area contributed by atoms with Gasteiger partial charge in [0.25, 0.3) is 0 Å². The number of nitrogens with zero attached hydrogens (tertiary/aromatic N) is 2. The molecule has 0 aliphatic rings. The predicted molar refractivity (Wildman–Crippen MR) is 71.0 cm³/mol. The van der Waals surface area contributed by atoms with Gasteiger partial charge >= 0.3 is 0 Å². The average Bonchev–Trinajstić information content (AvgIpc) is 2.90. The number of hydrogen-bond donors (Lipinski definition) is 1. The molecule has 1 heterocycles. The third kappa shape index (κ3) is 3.97. The molecule has 0 radical (unpaired) electrons. The van der Waals surface area contributed by atoms with Gasteiger partial charge in [-0.1, -0.05) is 10.6 Å². The van der Waals surface area contributed by atoms with Gasteiger partial charge in [-0.25, -0.2) is 0 Å². The maximum Gasteiger partial charge on any atom is 0.121 e. The second-order valence-corrected chi connectivity index (χ2v) is 4.23. The van der Waals surface area contributed by atoms with Crippen LogP contribution in [0.5, 0.6) is 5.75 Å². The second-order valence-electron chi connectivity index (χ2n) is 3.62.